The van der Waals surface area contributed by atoms with Gasteiger partial charge in [-0.3, -0.25) is 4.79 Å². The van der Waals surface area contributed by atoms with Crippen molar-refractivity contribution in [2.24, 2.45) is 0 Å². The van der Waals surface area contributed by atoms with E-state index in [4.69, 9.17) is 5.11 Å². The minimum absolute atomic E-state index is 0.169. The quantitative estimate of drug-likeness (QED) is 0.577. The Balaban J connectivity index is 3.39. The Morgan fingerprint density at radius 3 is 2.69 bits per heavy atom. The lowest BCUT2D eigenvalue weighted by Gasteiger charge is -2.09. The van der Waals surface area contributed by atoms with Crippen LogP contribution in [0.3, 0.4) is 0 Å². The molecule has 0 heterocycles. The summed E-state index contributed by atoms with van der Waals surface area (Å²) in [5.41, 5.74) is 0. The molecule has 4 nitrogen and oxygen atoms in total. The van der Waals surface area contributed by atoms with Crippen molar-refractivity contribution in [3.63, 3.8) is 0 Å². The smallest absolute Gasteiger partial charge is 0.319 e. The van der Waals surface area contributed by atoms with Crippen LogP contribution in [0.25, 0.3) is 0 Å². The standard InChI is InChI=1S/C7H13F2NO3/c1-2-13-6(12)4-10-3-5(11)7(8)9/h5,7,10-11H,2-4H2,1H3. The van der Waals surface area contributed by atoms with E-state index in [1.165, 1.54) is 0 Å². The topological polar surface area (TPSA) is 58.6 Å². The predicted octanol–water partition coefficient (Wildman–Crippen LogP) is -0.235. The highest BCUT2D eigenvalue weighted by atomic mass is 19.3. The van der Waals surface area contributed by atoms with E-state index in [0.29, 0.717) is 0 Å². The van der Waals surface area contributed by atoms with Crippen molar-refractivity contribution >= 4 is 5.97 Å². The van der Waals surface area contributed by atoms with Gasteiger partial charge < -0.3 is 15.2 Å². The number of rotatable bonds is 6. The highest BCUT2D eigenvalue weighted by Crippen LogP contribution is 1.97. The lowest BCUT2D eigenvalue weighted by atomic mass is 10.4. The van der Waals surface area contributed by atoms with Gasteiger partial charge in [-0.1, -0.05) is 0 Å². The maximum absolute atomic E-state index is 11.7. The van der Waals surface area contributed by atoms with Crippen molar-refractivity contribution in [2.45, 2.75) is 19.5 Å². The first kappa shape index (κ1) is 12.2. The predicted molar refractivity (Wildman–Crippen MR) is 41.5 cm³/mol. The molecule has 0 aromatic heterocycles. The number of carbonyl (C=O) groups is 1. The van der Waals surface area contributed by atoms with Crippen LogP contribution in [0.2, 0.25) is 0 Å². The average molecular weight is 197 g/mol. The molecule has 0 radical (unpaired) electrons. The second-order valence-electron chi connectivity index (χ2n) is 2.34. The summed E-state index contributed by atoms with van der Waals surface area (Å²) < 4.78 is 27.9. The lowest BCUT2D eigenvalue weighted by Crippen LogP contribution is -2.35. The highest BCUT2D eigenvalue weighted by molar-refractivity contribution is 5.71. The Morgan fingerprint density at radius 2 is 2.23 bits per heavy atom. The Morgan fingerprint density at radius 1 is 1.62 bits per heavy atom. The molecule has 0 amide bonds. The number of hydrogen-bond donors (Lipinski definition) is 2. The SMILES string of the molecule is CCOC(=O)CNCC(O)C(F)F. The third-order valence-electron chi connectivity index (χ3n) is 1.22. The molecule has 0 saturated carbocycles. The van der Waals surface area contributed by atoms with Crippen LogP contribution in [-0.2, 0) is 9.53 Å². The van der Waals surface area contributed by atoms with Crippen molar-refractivity contribution < 1.29 is 23.4 Å². The van der Waals surface area contributed by atoms with E-state index in [9.17, 15) is 13.6 Å². The number of aliphatic hydroxyl groups excluding tert-OH is 1. The number of hydrogen-bond acceptors (Lipinski definition) is 4. The van der Waals surface area contributed by atoms with E-state index in [-0.39, 0.29) is 19.7 Å². The van der Waals surface area contributed by atoms with Gasteiger partial charge in [0.1, 0.15) is 6.10 Å². The van der Waals surface area contributed by atoms with Crippen molar-refractivity contribution in [3.8, 4) is 0 Å². The minimum atomic E-state index is -2.80. The summed E-state index contributed by atoms with van der Waals surface area (Å²) >= 11 is 0. The Labute approximate surface area is 74.9 Å². The number of ether oxygens (including phenoxy) is 1. The third kappa shape index (κ3) is 6.41. The van der Waals surface area contributed by atoms with Gasteiger partial charge in [-0.15, -0.1) is 0 Å². The Bertz CT molecular complexity index is 155. The molecule has 0 saturated heterocycles. The second-order valence-corrected chi connectivity index (χ2v) is 2.34. The zero-order valence-corrected chi connectivity index (χ0v) is 7.30. The van der Waals surface area contributed by atoms with Crippen LogP contribution in [0.5, 0.6) is 0 Å². The van der Waals surface area contributed by atoms with Crippen LogP contribution < -0.4 is 5.32 Å². The van der Waals surface area contributed by atoms with Gasteiger partial charge >= 0.3 is 5.97 Å². The summed E-state index contributed by atoms with van der Waals surface area (Å²) in [6, 6.07) is 0. The van der Waals surface area contributed by atoms with E-state index in [2.05, 4.69) is 10.1 Å². The van der Waals surface area contributed by atoms with Gasteiger partial charge in [0.2, 0.25) is 0 Å². The fraction of sp³-hybridized carbons (Fsp3) is 0.857. The van der Waals surface area contributed by atoms with E-state index >= 15 is 0 Å². The van der Waals surface area contributed by atoms with Crippen LogP contribution in [0.4, 0.5) is 8.78 Å². The molecule has 0 fully saturated rings. The van der Waals surface area contributed by atoms with Gasteiger partial charge in [-0.05, 0) is 6.92 Å². The lowest BCUT2D eigenvalue weighted by molar-refractivity contribution is -0.142. The van der Waals surface area contributed by atoms with Crippen LogP contribution in [-0.4, -0.2) is 43.3 Å². The van der Waals surface area contributed by atoms with Crippen LogP contribution >= 0.6 is 0 Å². The van der Waals surface area contributed by atoms with Crippen molar-refractivity contribution in [3.05, 3.63) is 0 Å². The molecule has 6 heteroatoms. The van der Waals surface area contributed by atoms with Gasteiger partial charge in [-0.2, -0.15) is 0 Å². The normalized spacial score (nSPS) is 13.0. The Kier molecular flexibility index (Phi) is 6.34. The van der Waals surface area contributed by atoms with Gasteiger partial charge in [0.25, 0.3) is 6.43 Å². The van der Waals surface area contributed by atoms with Gasteiger partial charge in [-0.25, -0.2) is 8.78 Å². The maximum Gasteiger partial charge on any atom is 0.319 e. The first-order chi connectivity index (χ1) is 6.07. The molecular weight excluding hydrogens is 184 g/mol. The highest BCUT2D eigenvalue weighted by Gasteiger charge is 2.16. The number of carbonyl (C=O) groups excluding carboxylic acids is 1. The summed E-state index contributed by atoms with van der Waals surface area (Å²) in [5.74, 6) is -0.524. The van der Waals surface area contributed by atoms with E-state index in [1.807, 2.05) is 0 Å². The number of aliphatic hydroxyl groups is 1. The summed E-state index contributed by atoms with van der Waals surface area (Å²) in [6.07, 6.45) is -4.54. The molecule has 1 unspecified atom stereocenters. The molecule has 0 aliphatic carbocycles. The molecule has 0 rings (SSSR count). The van der Waals surface area contributed by atoms with Crippen molar-refractivity contribution in [1.82, 2.24) is 5.32 Å². The molecule has 0 aliphatic rings. The van der Waals surface area contributed by atoms with Crippen LogP contribution in [0.1, 0.15) is 6.92 Å². The zero-order chi connectivity index (χ0) is 10.3. The fourth-order valence-electron chi connectivity index (χ4n) is 0.623. The largest absolute Gasteiger partial charge is 0.465 e. The molecule has 0 aromatic rings. The van der Waals surface area contributed by atoms with Gasteiger partial charge in [0.05, 0.1) is 13.2 Å². The maximum atomic E-state index is 11.7. The monoisotopic (exact) mass is 197 g/mol. The molecule has 78 valence electrons. The number of alkyl halides is 2. The molecule has 1 atom stereocenters. The van der Waals surface area contributed by atoms with Gasteiger partial charge in [0.15, 0.2) is 0 Å². The summed E-state index contributed by atoms with van der Waals surface area (Å²) in [6.45, 7) is 1.40. The average Bonchev–Trinajstić information content (AvgIpc) is 2.04. The Hall–Kier alpha value is -0.750. The van der Waals surface area contributed by atoms with Gasteiger partial charge in [0, 0.05) is 6.54 Å². The second kappa shape index (κ2) is 6.73. The van der Waals surface area contributed by atoms with Crippen LogP contribution in [0.15, 0.2) is 0 Å². The number of esters is 1. The summed E-state index contributed by atoms with van der Waals surface area (Å²) in [4.78, 5) is 10.6. The summed E-state index contributed by atoms with van der Waals surface area (Å²) in [7, 11) is 0. The molecule has 13 heavy (non-hydrogen) atoms. The third-order valence-corrected chi connectivity index (χ3v) is 1.22. The van der Waals surface area contributed by atoms with Crippen molar-refractivity contribution in [1.29, 1.82) is 0 Å². The zero-order valence-electron chi connectivity index (χ0n) is 7.30. The van der Waals surface area contributed by atoms with Crippen LogP contribution in [0, 0.1) is 0 Å². The van der Waals surface area contributed by atoms with E-state index in [0.717, 1.165) is 0 Å². The fourth-order valence-corrected chi connectivity index (χ4v) is 0.623. The van der Waals surface area contributed by atoms with E-state index in [1.54, 1.807) is 6.92 Å². The molecule has 2 N–H and O–H groups in total. The number of halogens is 2. The molecule has 0 spiro atoms. The van der Waals surface area contributed by atoms with E-state index < -0.39 is 18.5 Å². The first-order valence-electron chi connectivity index (χ1n) is 3.90. The minimum Gasteiger partial charge on any atom is -0.465 e. The molecule has 0 bridgehead atoms. The number of nitrogens with one attached hydrogen (secondary N) is 1. The molecular formula is C7H13F2NO3. The molecule has 0 aromatic carbocycles. The summed E-state index contributed by atoms with van der Waals surface area (Å²) in [5, 5.41) is 11.0. The molecule has 0 aliphatic heterocycles. The first-order valence-corrected chi connectivity index (χ1v) is 3.90. The van der Waals surface area contributed by atoms with Crippen molar-refractivity contribution in [2.75, 3.05) is 19.7 Å².